The largest absolute Gasteiger partial charge is 0.497 e. The van der Waals surface area contributed by atoms with Gasteiger partial charge in [-0.25, -0.2) is 9.78 Å². The second-order valence-corrected chi connectivity index (χ2v) is 12.4. The van der Waals surface area contributed by atoms with Crippen LogP contribution >= 0.6 is 0 Å². The molecule has 222 valence electrons. The number of aryl methyl sites for hydroxylation is 2. The van der Waals surface area contributed by atoms with Gasteiger partial charge in [0.1, 0.15) is 22.6 Å². The third-order valence-corrected chi connectivity index (χ3v) is 8.03. The number of carbonyl (C=O) groups is 1. The number of methoxy groups -OCH3 is 1. The van der Waals surface area contributed by atoms with Crippen LogP contribution in [0.25, 0.3) is 33.5 Å². The number of pyridine rings is 1. The molecule has 9 nitrogen and oxygen atoms in total. The first kappa shape index (κ1) is 28.5. The van der Waals surface area contributed by atoms with Crippen molar-refractivity contribution in [2.75, 3.05) is 20.2 Å². The smallest absolute Gasteiger partial charge is 0.410 e. The van der Waals surface area contributed by atoms with Crippen LogP contribution in [-0.2, 0) is 11.3 Å². The third-order valence-electron chi connectivity index (χ3n) is 8.03. The number of aromatic nitrogens is 5. The molecule has 1 amide bonds. The average Bonchev–Trinajstić information content (AvgIpc) is 3.53. The predicted octanol–water partition coefficient (Wildman–Crippen LogP) is 6.74. The summed E-state index contributed by atoms with van der Waals surface area (Å²) in [6, 6.07) is 16.7. The molecule has 0 aliphatic carbocycles. The second-order valence-electron chi connectivity index (χ2n) is 12.4. The Labute approximate surface area is 252 Å². The Balaban J connectivity index is 1.37. The fraction of sp³-hybridized carbons (Fsp3) is 0.353. The predicted molar refractivity (Wildman–Crippen MR) is 167 cm³/mol. The molecule has 6 rings (SSSR count). The molecule has 0 bridgehead atoms. The molecule has 0 unspecified atom stereocenters. The van der Waals surface area contributed by atoms with E-state index in [-0.39, 0.29) is 12.1 Å². The fourth-order valence-corrected chi connectivity index (χ4v) is 5.45. The summed E-state index contributed by atoms with van der Waals surface area (Å²) in [6.45, 7) is 13.7. The molecular weight excluding hydrogens is 540 g/mol. The number of benzene rings is 2. The number of hydrogen-bond donors (Lipinski definition) is 0. The van der Waals surface area contributed by atoms with Crippen molar-refractivity contribution in [1.29, 1.82) is 0 Å². The van der Waals surface area contributed by atoms with Crippen LogP contribution in [0.4, 0.5) is 4.79 Å². The van der Waals surface area contributed by atoms with E-state index in [1.807, 2.05) is 54.7 Å². The van der Waals surface area contributed by atoms with E-state index < -0.39 is 5.60 Å². The molecule has 1 aliphatic rings. The molecule has 9 heteroatoms. The first-order chi connectivity index (χ1) is 20.5. The molecule has 3 aromatic heterocycles. The van der Waals surface area contributed by atoms with E-state index in [0.29, 0.717) is 19.6 Å². The van der Waals surface area contributed by atoms with Crippen molar-refractivity contribution in [3.05, 3.63) is 83.2 Å². The monoisotopic (exact) mass is 578 g/mol. The lowest BCUT2D eigenvalue weighted by atomic mass is 9.97. The standard InChI is InChI=1S/C34H38N6O3/c1-21-9-8-10-28(23(21)3)30-22(2)15-29-32(36-30)31(37-40(29)17-24-11-13-27(42-7)14-12-24)25-16-35-39(18-25)26-19-38(20-26)33(41)43-34(4,5)6/h8-16,18,26H,17,19-20H2,1-7H3. The van der Waals surface area contributed by atoms with Crippen molar-refractivity contribution in [3.8, 4) is 28.3 Å². The molecular formula is C34H38N6O3. The van der Waals surface area contributed by atoms with E-state index in [2.05, 4.69) is 62.3 Å². The van der Waals surface area contributed by atoms with Gasteiger partial charge < -0.3 is 14.4 Å². The molecule has 0 N–H and O–H groups in total. The normalized spacial score (nSPS) is 13.8. The molecule has 43 heavy (non-hydrogen) atoms. The van der Waals surface area contributed by atoms with Crippen LogP contribution in [0.2, 0.25) is 0 Å². The average molecular weight is 579 g/mol. The lowest BCUT2D eigenvalue weighted by Crippen LogP contribution is -2.52. The number of amides is 1. The van der Waals surface area contributed by atoms with E-state index in [9.17, 15) is 4.79 Å². The summed E-state index contributed by atoms with van der Waals surface area (Å²) >= 11 is 0. The van der Waals surface area contributed by atoms with Crippen LogP contribution in [-0.4, -0.2) is 61.3 Å². The van der Waals surface area contributed by atoms with Gasteiger partial charge in [0.15, 0.2) is 0 Å². The number of ether oxygens (including phenoxy) is 2. The van der Waals surface area contributed by atoms with Crippen molar-refractivity contribution in [2.24, 2.45) is 0 Å². The van der Waals surface area contributed by atoms with Crippen molar-refractivity contribution in [3.63, 3.8) is 0 Å². The highest BCUT2D eigenvalue weighted by atomic mass is 16.6. The third kappa shape index (κ3) is 5.59. The van der Waals surface area contributed by atoms with Crippen LogP contribution in [0.5, 0.6) is 5.75 Å². The topological polar surface area (TPSA) is 87.3 Å². The highest BCUT2D eigenvalue weighted by molar-refractivity contribution is 5.92. The van der Waals surface area contributed by atoms with Crippen molar-refractivity contribution in [1.82, 2.24) is 29.4 Å². The van der Waals surface area contributed by atoms with Crippen LogP contribution in [0.3, 0.4) is 0 Å². The lowest BCUT2D eigenvalue weighted by Gasteiger charge is -2.39. The minimum Gasteiger partial charge on any atom is -0.497 e. The molecule has 4 heterocycles. The van der Waals surface area contributed by atoms with Gasteiger partial charge >= 0.3 is 6.09 Å². The minimum absolute atomic E-state index is 0.0784. The maximum Gasteiger partial charge on any atom is 0.410 e. The molecule has 2 aromatic carbocycles. The Kier molecular flexibility index (Phi) is 7.20. The van der Waals surface area contributed by atoms with Crippen LogP contribution < -0.4 is 4.74 Å². The molecule has 0 atom stereocenters. The highest BCUT2D eigenvalue weighted by Crippen LogP contribution is 2.34. The van der Waals surface area contributed by atoms with Gasteiger partial charge in [-0.1, -0.05) is 30.3 Å². The maximum atomic E-state index is 12.4. The molecule has 0 saturated carbocycles. The van der Waals surface area contributed by atoms with Gasteiger partial charge in [0.2, 0.25) is 0 Å². The molecule has 0 radical (unpaired) electrons. The molecule has 1 aliphatic heterocycles. The summed E-state index contributed by atoms with van der Waals surface area (Å²) < 4.78 is 14.8. The Morgan fingerprint density at radius 2 is 1.74 bits per heavy atom. The van der Waals surface area contributed by atoms with E-state index in [1.54, 1.807) is 12.0 Å². The summed E-state index contributed by atoms with van der Waals surface area (Å²) in [5.74, 6) is 0.819. The van der Waals surface area contributed by atoms with Crippen LogP contribution in [0, 0.1) is 20.8 Å². The zero-order chi connectivity index (χ0) is 30.5. The Morgan fingerprint density at radius 3 is 2.44 bits per heavy atom. The molecule has 5 aromatic rings. The summed E-state index contributed by atoms with van der Waals surface area (Å²) in [5.41, 5.74) is 9.68. The number of fused-ring (bicyclic) bond motifs is 1. The van der Waals surface area contributed by atoms with Crippen molar-refractivity contribution in [2.45, 2.75) is 59.7 Å². The second kappa shape index (κ2) is 10.9. The number of carbonyl (C=O) groups excluding carboxylic acids is 1. The van der Waals surface area contributed by atoms with Gasteiger partial charge in [-0.3, -0.25) is 9.36 Å². The lowest BCUT2D eigenvalue weighted by molar-refractivity contribution is -0.000384. The van der Waals surface area contributed by atoms with E-state index >= 15 is 0 Å². The fourth-order valence-electron chi connectivity index (χ4n) is 5.45. The first-order valence-corrected chi connectivity index (χ1v) is 14.6. The number of nitrogens with zero attached hydrogens (tertiary/aromatic N) is 6. The highest BCUT2D eigenvalue weighted by Gasteiger charge is 2.35. The number of likely N-dealkylation sites (tertiary alicyclic amines) is 1. The first-order valence-electron chi connectivity index (χ1n) is 14.6. The minimum atomic E-state index is -0.520. The Morgan fingerprint density at radius 1 is 1.00 bits per heavy atom. The van der Waals surface area contributed by atoms with E-state index in [4.69, 9.17) is 19.6 Å². The summed E-state index contributed by atoms with van der Waals surface area (Å²) in [7, 11) is 1.67. The number of hydrogen-bond acceptors (Lipinski definition) is 6. The van der Waals surface area contributed by atoms with E-state index in [1.165, 1.54) is 11.1 Å². The Bertz CT molecular complexity index is 1810. The van der Waals surface area contributed by atoms with Gasteiger partial charge in [-0.05, 0) is 82.0 Å². The summed E-state index contributed by atoms with van der Waals surface area (Å²) in [6.07, 6.45) is 3.56. The van der Waals surface area contributed by atoms with Crippen LogP contribution in [0.1, 0.15) is 49.1 Å². The van der Waals surface area contributed by atoms with Crippen molar-refractivity contribution < 1.29 is 14.3 Å². The molecule has 0 spiro atoms. The Hall–Kier alpha value is -4.66. The zero-order valence-electron chi connectivity index (χ0n) is 25.9. The van der Waals surface area contributed by atoms with Gasteiger partial charge in [0.05, 0.1) is 37.1 Å². The van der Waals surface area contributed by atoms with Gasteiger partial charge in [0.25, 0.3) is 0 Å². The van der Waals surface area contributed by atoms with Crippen molar-refractivity contribution >= 4 is 17.1 Å². The quantitative estimate of drug-likeness (QED) is 0.222. The summed E-state index contributed by atoms with van der Waals surface area (Å²) in [4.78, 5) is 19.4. The summed E-state index contributed by atoms with van der Waals surface area (Å²) in [5, 5.41) is 9.77. The SMILES string of the molecule is COc1ccc(Cn2nc(-c3cnn(C4CN(C(=O)OC(C)(C)C)C4)c3)c3nc(-c4cccc(C)c4C)c(C)cc32)cc1. The maximum absolute atomic E-state index is 12.4. The van der Waals surface area contributed by atoms with Crippen LogP contribution in [0.15, 0.2) is 60.9 Å². The number of rotatable bonds is 6. The van der Waals surface area contributed by atoms with E-state index in [0.717, 1.165) is 50.4 Å². The zero-order valence-corrected chi connectivity index (χ0v) is 25.9. The van der Waals surface area contributed by atoms with Gasteiger partial charge in [-0.2, -0.15) is 10.2 Å². The molecule has 1 saturated heterocycles. The molecule has 1 fully saturated rings. The van der Waals surface area contributed by atoms with Gasteiger partial charge in [-0.15, -0.1) is 0 Å². The van der Waals surface area contributed by atoms with Gasteiger partial charge in [0, 0.05) is 30.4 Å².